The Labute approximate surface area is 138 Å². The summed E-state index contributed by atoms with van der Waals surface area (Å²) in [5.41, 5.74) is 1.40. The van der Waals surface area contributed by atoms with Gasteiger partial charge in [0, 0.05) is 18.6 Å². The molecule has 5 atom stereocenters. The van der Waals surface area contributed by atoms with Crippen LogP contribution in [0.5, 0.6) is 0 Å². The molecular formula is C20H27NO2. The number of carbonyl (C=O) groups is 1. The van der Waals surface area contributed by atoms with Crippen LogP contribution in [0.25, 0.3) is 0 Å². The first-order valence-corrected chi connectivity index (χ1v) is 9.29. The number of nitrogens with one attached hydrogen (secondary N) is 1. The van der Waals surface area contributed by atoms with E-state index in [1.165, 1.54) is 31.2 Å². The third kappa shape index (κ3) is 3.03. The van der Waals surface area contributed by atoms with Crippen LogP contribution >= 0.6 is 0 Å². The predicted octanol–water partition coefficient (Wildman–Crippen LogP) is 3.64. The third-order valence-electron chi connectivity index (χ3n) is 6.13. The number of ether oxygens (including phenoxy) is 1. The second-order valence-electron chi connectivity index (χ2n) is 7.48. The lowest BCUT2D eigenvalue weighted by atomic mass is 9.53. The number of amides is 1. The molecule has 0 spiro atoms. The molecule has 1 aromatic carbocycles. The number of rotatable bonds is 4. The van der Waals surface area contributed by atoms with Crippen molar-refractivity contribution in [2.75, 3.05) is 6.61 Å². The molecule has 1 N–H and O–H groups in total. The van der Waals surface area contributed by atoms with Gasteiger partial charge in [0.1, 0.15) is 0 Å². The number of hydrogen-bond acceptors (Lipinski definition) is 2. The summed E-state index contributed by atoms with van der Waals surface area (Å²) in [6.45, 7) is 0.818. The fraction of sp³-hybridized carbons (Fsp3) is 0.650. The van der Waals surface area contributed by atoms with E-state index in [4.69, 9.17) is 4.74 Å². The molecule has 1 aromatic rings. The standard InChI is InChI=1S/C20H27NO2/c22-18(13-15-9-6-12-23-15)21-20-17-11-5-4-10-16(17)19(20)14-7-2-1-3-8-14/h1-3,7-8,15-17,19-20H,4-6,9-13H2,(H,21,22)/t15?,16?,17?,19-,20-/m0/s1. The maximum Gasteiger partial charge on any atom is 0.222 e. The highest BCUT2D eigenvalue weighted by atomic mass is 16.5. The smallest absolute Gasteiger partial charge is 0.222 e. The zero-order valence-electron chi connectivity index (χ0n) is 13.7. The number of hydrogen-bond donors (Lipinski definition) is 1. The van der Waals surface area contributed by atoms with Crippen molar-refractivity contribution < 1.29 is 9.53 Å². The second kappa shape index (κ2) is 6.64. The van der Waals surface area contributed by atoms with E-state index in [9.17, 15) is 4.79 Å². The van der Waals surface area contributed by atoms with Crippen molar-refractivity contribution in [3.05, 3.63) is 35.9 Å². The quantitative estimate of drug-likeness (QED) is 0.921. The van der Waals surface area contributed by atoms with E-state index < -0.39 is 0 Å². The van der Waals surface area contributed by atoms with Gasteiger partial charge in [-0.3, -0.25) is 4.79 Å². The molecule has 1 heterocycles. The Bertz CT molecular complexity index is 538. The van der Waals surface area contributed by atoms with Gasteiger partial charge in [-0.15, -0.1) is 0 Å². The Kier molecular flexibility index (Phi) is 4.39. The van der Waals surface area contributed by atoms with Gasteiger partial charge in [0.25, 0.3) is 0 Å². The van der Waals surface area contributed by atoms with Gasteiger partial charge in [0.2, 0.25) is 5.91 Å². The van der Waals surface area contributed by atoms with Gasteiger partial charge in [0.15, 0.2) is 0 Å². The van der Waals surface area contributed by atoms with Gasteiger partial charge in [0.05, 0.1) is 12.5 Å². The van der Waals surface area contributed by atoms with Crippen LogP contribution in [0.1, 0.15) is 56.4 Å². The van der Waals surface area contributed by atoms with Gasteiger partial charge >= 0.3 is 0 Å². The highest BCUT2D eigenvalue weighted by molar-refractivity contribution is 5.77. The molecule has 0 bridgehead atoms. The third-order valence-corrected chi connectivity index (χ3v) is 6.13. The minimum atomic E-state index is 0.146. The summed E-state index contributed by atoms with van der Waals surface area (Å²) in [5, 5.41) is 3.37. The van der Waals surface area contributed by atoms with Crippen LogP contribution < -0.4 is 5.32 Å². The highest BCUT2D eigenvalue weighted by Crippen LogP contribution is 2.54. The molecule has 3 unspecified atom stereocenters. The molecule has 23 heavy (non-hydrogen) atoms. The molecular weight excluding hydrogens is 286 g/mol. The summed E-state index contributed by atoms with van der Waals surface area (Å²) in [6.07, 6.45) is 8.08. The Balaban J connectivity index is 1.44. The maximum atomic E-state index is 12.5. The first-order valence-electron chi connectivity index (χ1n) is 9.29. The normalized spacial score (nSPS) is 36.1. The van der Waals surface area contributed by atoms with E-state index in [1.807, 2.05) is 0 Å². The van der Waals surface area contributed by atoms with Crippen LogP contribution in [-0.2, 0) is 9.53 Å². The lowest BCUT2D eigenvalue weighted by Crippen LogP contribution is -2.59. The minimum Gasteiger partial charge on any atom is -0.378 e. The summed E-state index contributed by atoms with van der Waals surface area (Å²) in [6, 6.07) is 11.1. The Morgan fingerprint density at radius 3 is 2.57 bits per heavy atom. The Hall–Kier alpha value is -1.35. The van der Waals surface area contributed by atoms with Crippen molar-refractivity contribution >= 4 is 5.91 Å². The van der Waals surface area contributed by atoms with E-state index >= 15 is 0 Å². The van der Waals surface area contributed by atoms with E-state index in [0.29, 0.717) is 24.3 Å². The van der Waals surface area contributed by atoms with E-state index in [0.717, 1.165) is 25.4 Å². The van der Waals surface area contributed by atoms with Gasteiger partial charge < -0.3 is 10.1 Å². The zero-order chi connectivity index (χ0) is 15.6. The molecule has 1 saturated heterocycles. The second-order valence-corrected chi connectivity index (χ2v) is 7.48. The maximum absolute atomic E-state index is 12.5. The van der Waals surface area contributed by atoms with Gasteiger partial charge in [-0.2, -0.15) is 0 Å². The minimum absolute atomic E-state index is 0.146. The van der Waals surface area contributed by atoms with Crippen molar-refractivity contribution in [2.24, 2.45) is 11.8 Å². The average molecular weight is 313 g/mol. The van der Waals surface area contributed by atoms with Crippen LogP contribution in [0.4, 0.5) is 0 Å². The molecule has 1 amide bonds. The van der Waals surface area contributed by atoms with Crippen LogP contribution in [0.3, 0.4) is 0 Å². The highest BCUT2D eigenvalue weighted by Gasteiger charge is 2.51. The molecule has 3 fully saturated rings. The number of fused-ring (bicyclic) bond motifs is 1. The van der Waals surface area contributed by atoms with E-state index in [-0.39, 0.29) is 12.0 Å². The average Bonchev–Trinajstić information content (AvgIpc) is 3.07. The monoisotopic (exact) mass is 313 g/mol. The molecule has 3 nitrogen and oxygen atoms in total. The molecule has 4 rings (SSSR count). The number of benzene rings is 1. The van der Waals surface area contributed by atoms with Gasteiger partial charge in [-0.25, -0.2) is 0 Å². The summed E-state index contributed by atoms with van der Waals surface area (Å²) in [4.78, 5) is 12.5. The van der Waals surface area contributed by atoms with Crippen LogP contribution in [0.2, 0.25) is 0 Å². The molecule has 124 valence electrons. The van der Waals surface area contributed by atoms with Crippen molar-refractivity contribution in [3.63, 3.8) is 0 Å². The van der Waals surface area contributed by atoms with Crippen molar-refractivity contribution in [2.45, 2.75) is 63.0 Å². The van der Waals surface area contributed by atoms with Crippen molar-refractivity contribution in [1.29, 1.82) is 0 Å². The molecule has 0 aromatic heterocycles. The van der Waals surface area contributed by atoms with E-state index in [2.05, 4.69) is 35.6 Å². The fourth-order valence-corrected chi connectivity index (χ4v) is 5.05. The van der Waals surface area contributed by atoms with Crippen LogP contribution in [0.15, 0.2) is 30.3 Å². The van der Waals surface area contributed by atoms with Crippen LogP contribution in [-0.4, -0.2) is 24.7 Å². The van der Waals surface area contributed by atoms with Crippen molar-refractivity contribution in [3.8, 4) is 0 Å². The summed E-state index contributed by atoms with van der Waals surface area (Å²) >= 11 is 0. The van der Waals surface area contributed by atoms with Crippen LogP contribution in [0, 0.1) is 11.8 Å². The largest absolute Gasteiger partial charge is 0.378 e. The first-order chi connectivity index (χ1) is 11.3. The SMILES string of the molecule is O=C(CC1CCCO1)N[C@H]1C2CCCCC2[C@@H]1c1ccccc1. The topological polar surface area (TPSA) is 38.3 Å². The Morgan fingerprint density at radius 2 is 1.83 bits per heavy atom. The van der Waals surface area contributed by atoms with Gasteiger partial charge in [-0.1, -0.05) is 43.2 Å². The Morgan fingerprint density at radius 1 is 1.04 bits per heavy atom. The summed E-state index contributed by atoms with van der Waals surface area (Å²) < 4.78 is 5.61. The van der Waals surface area contributed by atoms with E-state index in [1.54, 1.807) is 0 Å². The zero-order valence-corrected chi connectivity index (χ0v) is 13.7. The molecule has 1 aliphatic heterocycles. The predicted molar refractivity (Wildman–Crippen MR) is 90.2 cm³/mol. The number of carbonyl (C=O) groups excluding carboxylic acids is 1. The summed E-state index contributed by atoms with van der Waals surface area (Å²) in [5.74, 6) is 2.14. The molecule has 2 saturated carbocycles. The first kappa shape index (κ1) is 15.2. The lowest BCUT2D eigenvalue weighted by Gasteiger charge is -2.55. The fourth-order valence-electron chi connectivity index (χ4n) is 5.05. The lowest BCUT2D eigenvalue weighted by molar-refractivity contribution is -0.127. The van der Waals surface area contributed by atoms with Gasteiger partial charge in [-0.05, 0) is 43.1 Å². The molecule has 3 aliphatic rings. The molecule has 2 aliphatic carbocycles. The molecule has 0 radical (unpaired) electrons. The summed E-state index contributed by atoms with van der Waals surface area (Å²) in [7, 11) is 0. The molecule has 3 heteroatoms. The van der Waals surface area contributed by atoms with Crippen molar-refractivity contribution in [1.82, 2.24) is 5.32 Å².